The number of anilines is 1. The van der Waals surface area contributed by atoms with Crippen LogP contribution in [0.3, 0.4) is 0 Å². The monoisotopic (exact) mass is 301 g/mol. The molecule has 1 aromatic carbocycles. The lowest BCUT2D eigenvalue weighted by Crippen LogP contribution is -2.09. The fourth-order valence-electron chi connectivity index (χ4n) is 1.82. The molecule has 2 rings (SSSR count). The van der Waals surface area contributed by atoms with Gasteiger partial charge in [0.25, 0.3) is 0 Å². The lowest BCUT2D eigenvalue weighted by atomic mass is 10.1. The summed E-state index contributed by atoms with van der Waals surface area (Å²) in [5, 5.41) is 13.6. The molecule has 0 aliphatic heterocycles. The fourth-order valence-corrected chi connectivity index (χ4v) is 2.64. The van der Waals surface area contributed by atoms with Crippen molar-refractivity contribution >= 4 is 35.0 Å². The number of hydrogen-bond acceptors (Lipinski definition) is 3. The zero-order valence-electron chi connectivity index (χ0n) is 11.7. The van der Waals surface area contributed by atoms with Crippen molar-refractivity contribution in [3.63, 3.8) is 0 Å². The minimum Gasteiger partial charge on any atom is -0.478 e. The van der Waals surface area contributed by atoms with E-state index in [2.05, 4.69) is 5.32 Å². The van der Waals surface area contributed by atoms with Crippen LogP contribution in [0.4, 0.5) is 5.69 Å². The van der Waals surface area contributed by atoms with Crippen molar-refractivity contribution in [2.75, 3.05) is 5.32 Å². The van der Waals surface area contributed by atoms with Crippen molar-refractivity contribution in [2.24, 2.45) is 0 Å². The summed E-state index contributed by atoms with van der Waals surface area (Å²) >= 11 is 1.57. The summed E-state index contributed by atoms with van der Waals surface area (Å²) in [6, 6.07) is 6.60. The lowest BCUT2D eigenvalue weighted by molar-refractivity contribution is -0.111. The normalized spacial score (nSPS) is 10.8. The van der Waals surface area contributed by atoms with Gasteiger partial charge >= 0.3 is 5.97 Å². The minimum atomic E-state index is -0.982. The van der Waals surface area contributed by atoms with Crippen LogP contribution in [0.1, 0.15) is 26.4 Å². The summed E-state index contributed by atoms with van der Waals surface area (Å²) in [4.78, 5) is 23.8. The van der Waals surface area contributed by atoms with E-state index in [-0.39, 0.29) is 11.5 Å². The van der Waals surface area contributed by atoms with Gasteiger partial charge in [-0.3, -0.25) is 4.79 Å². The highest BCUT2D eigenvalue weighted by Gasteiger charge is 2.07. The Balaban J connectivity index is 2.08. The van der Waals surface area contributed by atoms with E-state index in [1.165, 1.54) is 18.2 Å². The average Bonchev–Trinajstić information content (AvgIpc) is 2.84. The zero-order chi connectivity index (χ0) is 15.4. The first-order valence-electron chi connectivity index (χ1n) is 6.34. The molecule has 2 aromatic rings. The van der Waals surface area contributed by atoms with Gasteiger partial charge in [-0.05, 0) is 60.7 Å². The molecular formula is C16H15NO3S. The minimum absolute atomic E-state index is 0.204. The van der Waals surface area contributed by atoms with E-state index in [1.54, 1.807) is 30.4 Å². The lowest BCUT2D eigenvalue weighted by Gasteiger charge is -2.07. The van der Waals surface area contributed by atoms with Crippen molar-refractivity contribution < 1.29 is 14.7 Å². The number of rotatable bonds is 4. The Morgan fingerprint density at radius 3 is 2.52 bits per heavy atom. The van der Waals surface area contributed by atoms with Gasteiger partial charge in [0.15, 0.2) is 0 Å². The van der Waals surface area contributed by atoms with Gasteiger partial charge in [0.05, 0.1) is 5.56 Å². The summed E-state index contributed by atoms with van der Waals surface area (Å²) < 4.78 is 0. The number of benzene rings is 1. The number of nitrogens with one attached hydrogen (secondary N) is 1. The van der Waals surface area contributed by atoms with Gasteiger partial charge in [0.1, 0.15) is 0 Å². The van der Waals surface area contributed by atoms with Crippen LogP contribution in [0.2, 0.25) is 0 Å². The molecule has 0 aliphatic rings. The first kappa shape index (κ1) is 15.0. The standard InChI is InChI=1S/C16H15NO3S/c1-10-7-8-21-14(10)5-6-15(18)17-13-4-3-12(16(19)20)9-11(13)2/h3-9H,1-2H3,(H,17,18)(H,19,20)/b6-5+. The second-order valence-corrected chi connectivity index (χ2v) is 5.57. The Labute approximate surface area is 126 Å². The van der Waals surface area contributed by atoms with Crippen molar-refractivity contribution in [3.05, 3.63) is 57.3 Å². The van der Waals surface area contributed by atoms with Gasteiger partial charge < -0.3 is 10.4 Å². The molecule has 0 aliphatic carbocycles. The molecule has 4 nitrogen and oxygen atoms in total. The number of amides is 1. The number of carboxylic acids is 1. The highest BCUT2D eigenvalue weighted by Crippen LogP contribution is 2.18. The Morgan fingerprint density at radius 1 is 1.19 bits per heavy atom. The summed E-state index contributed by atoms with van der Waals surface area (Å²) in [7, 11) is 0. The first-order valence-corrected chi connectivity index (χ1v) is 7.22. The molecule has 108 valence electrons. The molecule has 5 heteroatoms. The molecule has 2 N–H and O–H groups in total. The quantitative estimate of drug-likeness (QED) is 0.846. The third kappa shape index (κ3) is 3.79. The van der Waals surface area contributed by atoms with E-state index in [0.717, 1.165) is 10.4 Å². The highest BCUT2D eigenvalue weighted by atomic mass is 32.1. The van der Waals surface area contributed by atoms with Gasteiger partial charge in [-0.2, -0.15) is 0 Å². The summed E-state index contributed by atoms with van der Waals surface area (Å²) in [5.74, 6) is -1.22. The molecule has 21 heavy (non-hydrogen) atoms. The Bertz CT molecular complexity index is 716. The Kier molecular flexibility index (Phi) is 4.55. The smallest absolute Gasteiger partial charge is 0.335 e. The van der Waals surface area contributed by atoms with Gasteiger partial charge in [0.2, 0.25) is 5.91 Å². The maximum atomic E-state index is 11.9. The zero-order valence-corrected chi connectivity index (χ0v) is 12.5. The highest BCUT2D eigenvalue weighted by molar-refractivity contribution is 7.11. The third-order valence-electron chi connectivity index (χ3n) is 3.02. The molecule has 0 fully saturated rings. The van der Waals surface area contributed by atoms with Gasteiger partial charge in [-0.15, -0.1) is 11.3 Å². The number of carbonyl (C=O) groups excluding carboxylic acids is 1. The molecule has 0 saturated heterocycles. The number of carboxylic acid groups (broad SMARTS) is 1. The molecule has 0 unspecified atom stereocenters. The average molecular weight is 301 g/mol. The van der Waals surface area contributed by atoms with E-state index in [1.807, 2.05) is 18.4 Å². The molecule has 0 saturated carbocycles. The van der Waals surface area contributed by atoms with Gasteiger partial charge in [0, 0.05) is 16.6 Å². The molecule has 0 radical (unpaired) electrons. The molecule has 0 spiro atoms. The maximum Gasteiger partial charge on any atom is 0.335 e. The van der Waals surface area contributed by atoms with Crippen molar-refractivity contribution in [1.29, 1.82) is 0 Å². The van der Waals surface area contributed by atoms with E-state index in [9.17, 15) is 9.59 Å². The SMILES string of the molecule is Cc1cc(C(=O)O)ccc1NC(=O)/C=C/c1sccc1C. The maximum absolute atomic E-state index is 11.9. The predicted molar refractivity (Wildman–Crippen MR) is 84.9 cm³/mol. The number of thiophene rings is 1. The summed E-state index contributed by atoms with van der Waals surface area (Å²) in [6.45, 7) is 3.75. The Morgan fingerprint density at radius 2 is 1.95 bits per heavy atom. The summed E-state index contributed by atoms with van der Waals surface area (Å²) in [6.07, 6.45) is 3.25. The summed E-state index contributed by atoms with van der Waals surface area (Å²) in [5.41, 5.74) is 2.66. The van der Waals surface area contributed by atoms with E-state index in [0.29, 0.717) is 11.3 Å². The third-order valence-corrected chi connectivity index (χ3v) is 4.00. The molecule has 0 atom stereocenters. The van der Waals surface area contributed by atoms with Crippen LogP contribution in [0.15, 0.2) is 35.7 Å². The number of aryl methyl sites for hydroxylation is 2. The number of hydrogen-bond donors (Lipinski definition) is 2. The van der Waals surface area contributed by atoms with Crippen LogP contribution >= 0.6 is 11.3 Å². The van der Waals surface area contributed by atoms with Crippen LogP contribution in [0.25, 0.3) is 6.08 Å². The first-order chi connectivity index (χ1) is 9.97. The van der Waals surface area contributed by atoms with Crippen LogP contribution in [0, 0.1) is 13.8 Å². The number of aromatic carboxylic acids is 1. The van der Waals surface area contributed by atoms with Crippen LogP contribution in [-0.2, 0) is 4.79 Å². The van der Waals surface area contributed by atoms with E-state index in [4.69, 9.17) is 5.11 Å². The van der Waals surface area contributed by atoms with Crippen molar-refractivity contribution in [2.45, 2.75) is 13.8 Å². The van der Waals surface area contributed by atoms with Gasteiger partial charge in [-0.25, -0.2) is 4.79 Å². The fraction of sp³-hybridized carbons (Fsp3) is 0.125. The Hall–Kier alpha value is -2.40. The second-order valence-electron chi connectivity index (χ2n) is 4.63. The largest absolute Gasteiger partial charge is 0.478 e. The molecule has 1 amide bonds. The van der Waals surface area contributed by atoms with Crippen LogP contribution in [-0.4, -0.2) is 17.0 Å². The predicted octanol–water partition coefficient (Wildman–Crippen LogP) is 3.72. The number of carbonyl (C=O) groups is 2. The molecule has 1 aromatic heterocycles. The van der Waals surface area contributed by atoms with Gasteiger partial charge in [-0.1, -0.05) is 0 Å². The topological polar surface area (TPSA) is 66.4 Å². The van der Waals surface area contributed by atoms with E-state index < -0.39 is 5.97 Å². The molecule has 0 bridgehead atoms. The van der Waals surface area contributed by atoms with E-state index >= 15 is 0 Å². The molecular weight excluding hydrogens is 286 g/mol. The van der Waals surface area contributed by atoms with Crippen molar-refractivity contribution in [1.82, 2.24) is 0 Å². The van der Waals surface area contributed by atoms with Crippen LogP contribution < -0.4 is 5.32 Å². The van der Waals surface area contributed by atoms with Crippen molar-refractivity contribution in [3.8, 4) is 0 Å². The second kappa shape index (κ2) is 6.37. The van der Waals surface area contributed by atoms with Crippen LogP contribution in [0.5, 0.6) is 0 Å². The molecule has 1 heterocycles.